The lowest BCUT2D eigenvalue weighted by molar-refractivity contribution is -0.116. The molecule has 2 N–H and O–H groups in total. The third kappa shape index (κ3) is 5.40. The van der Waals surface area contributed by atoms with Gasteiger partial charge in [-0.2, -0.15) is 5.26 Å². The first kappa shape index (κ1) is 21.0. The monoisotopic (exact) mass is 432 g/mol. The molecule has 1 aliphatic heterocycles. The summed E-state index contributed by atoms with van der Waals surface area (Å²) in [6, 6.07) is 12.2. The van der Waals surface area contributed by atoms with Gasteiger partial charge >= 0.3 is 0 Å². The van der Waals surface area contributed by atoms with Gasteiger partial charge in [-0.25, -0.2) is 8.42 Å². The number of fused-ring (bicyclic) bond motifs is 1. The fourth-order valence-corrected chi connectivity index (χ4v) is 4.19. The minimum absolute atomic E-state index is 0.164. The Morgan fingerprint density at radius 1 is 1.31 bits per heavy atom. The van der Waals surface area contributed by atoms with Gasteiger partial charge in [0, 0.05) is 30.9 Å². The highest BCUT2D eigenvalue weighted by Crippen LogP contribution is 2.33. The Bertz CT molecular complexity index is 1080. The van der Waals surface area contributed by atoms with Gasteiger partial charge in [0.25, 0.3) is 0 Å². The van der Waals surface area contributed by atoms with Crippen molar-refractivity contribution >= 4 is 44.6 Å². The maximum Gasteiger partial charge on any atom is 0.229 e. The Kier molecular flexibility index (Phi) is 6.30. The number of nitrogens with zero attached hydrogens (tertiary/aromatic N) is 2. The van der Waals surface area contributed by atoms with E-state index in [1.54, 1.807) is 24.3 Å². The largest absolute Gasteiger partial charge is 0.371 e. The van der Waals surface area contributed by atoms with Gasteiger partial charge in [0.2, 0.25) is 15.9 Å². The van der Waals surface area contributed by atoms with Crippen molar-refractivity contribution in [2.24, 2.45) is 0 Å². The van der Waals surface area contributed by atoms with E-state index >= 15 is 0 Å². The SMILES string of the molecule is CS(=O)(=O)Nc1cccc2c1CCCN2CCC(=O)Nc1ccc(C#N)c(Cl)c1. The van der Waals surface area contributed by atoms with Gasteiger partial charge in [-0.1, -0.05) is 17.7 Å². The lowest BCUT2D eigenvalue weighted by Crippen LogP contribution is -2.33. The van der Waals surface area contributed by atoms with Crippen molar-refractivity contribution in [3.8, 4) is 6.07 Å². The molecule has 2 aromatic carbocycles. The summed E-state index contributed by atoms with van der Waals surface area (Å²) in [6.45, 7) is 1.30. The second-order valence-electron chi connectivity index (χ2n) is 6.87. The highest BCUT2D eigenvalue weighted by atomic mass is 35.5. The molecule has 29 heavy (non-hydrogen) atoms. The number of nitriles is 1. The van der Waals surface area contributed by atoms with Gasteiger partial charge in [-0.3, -0.25) is 9.52 Å². The van der Waals surface area contributed by atoms with Gasteiger partial charge in [0.1, 0.15) is 6.07 Å². The first-order chi connectivity index (χ1) is 13.8. The molecule has 7 nitrogen and oxygen atoms in total. The number of hydrogen-bond acceptors (Lipinski definition) is 5. The minimum Gasteiger partial charge on any atom is -0.371 e. The van der Waals surface area contributed by atoms with Crippen LogP contribution in [0.4, 0.5) is 17.1 Å². The lowest BCUT2D eigenvalue weighted by Gasteiger charge is -2.32. The predicted octanol–water partition coefficient (Wildman–Crippen LogP) is 3.36. The average molecular weight is 433 g/mol. The van der Waals surface area contributed by atoms with Crippen LogP contribution in [0.15, 0.2) is 36.4 Å². The molecule has 0 radical (unpaired) electrons. The molecule has 2 aromatic rings. The fourth-order valence-electron chi connectivity index (χ4n) is 3.37. The van der Waals surface area contributed by atoms with Gasteiger partial charge in [-0.15, -0.1) is 0 Å². The van der Waals surface area contributed by atoms with Crippen molar-refractivity contribution in [1.82, 2.24) is 0 Å². The molecule has 0 fully saturated rings. The van der Waals surface area contributed by atoms with Gasteiger partial charge in [-0.05, 0) is 48.7 Å². The van der Waals surface area contributed by atoms with Crippen molar-refractivity contribution in [3.05, 3.63) is 52.5 Å². The van der Waals surface area contributed by atoms with Crippen LogP contribution < -0.4 is 14.9 Å². The van der Waals surface area contributed by atoms with Crippen molar-refractivity contribution in [2.45, 2.75) is 19.3 Å². The number of hydrogen-bond donors (Lipinski definition) is 2. The van der Waals surface area contributed by atoms with E-state index in [4.69, 9.17) is 16.9 Å². The van der Waals surface area contributed by atoms with E-state index < -0.39 is 10.0 Å². The third-order valence-electron chi connectivity index (χ3n) is 4.62. The number of nitrogens with one attached hydrogen (secondary N) is 2. The minimum atomic E-state index is -3.36. The number of rotatable bonds is 6. The Labute approximate surface area is 175 Å². The molecule has 0 atom stereocenters. The average Bonchev–Trinajstić information content (AvgIpc) is 2.65. The summed E-state index contributed by atoms with van der Waals surface area (Å²) in [5.74, 6) is -0.164. The number of sulfonamides is 1. The van der Waals surface area contributed by atoms with E-state index in [0.717, 1.165) is 36.9 Å². The van der Waals surface area contributed by atoms with Crippen LogP contribution in [0.3, 0.4) is 0 Å². The standard InChI is InChI=1S/C20H21ClN4O3S/c1-29(27,28)24-18-5-2-6-19-16(18)4-3-10-25(19)11-9-20(26)23-15-8-7-14(13-22)17(21)12-15/h2,5-8,12,24H,3-4,9-11H2,1H3,(H,23,26). The van der Waals surface area contributed by atoms with Gasteiger partial charge in [0.15, 0.2) is 0 Å². The van der Waals surface area contributed by atoms with Crippen LogP contribution in [-0.4, -0.2) is 33.7 Å². The molecule has 0 bridgehead atoms. The smallest absolute Gasteiger partial charge is 0.229 e. The van der Waals surface area contributed by atoms with Crippen molar-refractivity contribution in [3.63, 3.8) is 0 Å². The van der Waals surface area contributed by atoms with Gasteiger partial charge in [0.05, 0.1) is 22.5 Å². The number of anilines is 3. The van der Waals surface area contributed by atoms with Crippen molar-refractivity contribution in [2.75, 3.05) is 34.3 Å². The van der Waals surface area contributed by atoms with E-state index in [2.05, 4.69) is 14.9 Å². The van der Waals surface area contributed by atoms with E-state index in [0.29, 0.717) is 28.5 Å². The number of halogens is 1. The highest BCUT2D eigenvalue weighted by Gasteiger charge is 2.21. The zero-order valence-electron chi connectivity index (χ0n) is 15.9. The molecule has 0 aromatic heterocycles. The summed E-state index contributed by atoms with van der Waals surface area (Å²) >= 11 is 6.00. The van der Waals surface area contributed by atoms with Crippen LogP contribution in [0.5, 0.6) is 0 Å². The summed E-state index contributed by atoms with van der Waals surface area (Å²) in [7, 11) is -3.36. The van der Waals surface area contributed by atoms with Gasteiger partial charge < -0.3 is 10.2 Å². The molecule has 152 valence electrons. The van der Waals surface area contributed by atoms with Crippen LogP contribution in [0.2, 0.25) is 5.02 Å². The molecular weight excluding hydrogens is 412 g/mol. The molecule has 3 rings (SSSR count). The molecule has 1 heterocycles. The first-order valence-corrected chi connectivity index (χ1v) is 11.4. The zero-order chi connectivity index (χ0) is 21.0. The molecule has 0 unspecified atom stereocenters. The van der Waals surface area contributed by atoms with E-state index in [-0.39, 0.29) is 12.3 Å². The Morgan fingerprint density at radius 2 is 2.10 bits per heavy atom. The van der Waals surface area contributed by atoms with E-state index in [9.17, 15) is 13.2 Å². The zero-order valence-corrected chi connectivity index (χ0v) is 17.5. The second kappa shape index (κ2) is 8.72. The first-order valence-electron chi connectivity index (χ1n) is 9.11. The lowest BCUT2D eigenvalue weighted by atomic mass is 10.00. The van der Waals surface area contributed by atoms with Crippen LogP contribution >= 0.6 is 11.6 Å². The number of amides is 1. The van der Waals surface area contributed by atoms with Crippen LogP contribution in [-0.2, 0) is 21.2 Å². The molecule has 0 aliphatic carbocycles. The second-order valence-corrected chi connectivity index (χ2v) is 9.03. The fraction of sp³-hybridized carbons (Fsp3) is 0.300. The summed E-state index contributed by atoms with van der Waals surface area (Å²) < 4.78 is 25.8. The quantitative estimate of drug-likeness (QED) is 0.728. The number of benzene rings is 2. The summed E-state index contributed by atoms with van der Waals surface area (Å²) in [4.78, 5) is 14.4. The van der Waals surface area contributed by atoms with Crippen LogP contribution in [0.1, 0.15) is 24.0 Å². The molecule has 0 spiro atoms. The van der Waals surface area contributed by atoms with E-state index in [1.807, 2.05) is 18.2 Å². The molecule has 0 saturated carbocycles. The summed E-state index contributed by atoms with van der Waals surface area (Å²) in [5, 5.41) is 12.0. The van der Waals surface area contributed by atoms with E-state index in [1.165, 1.54) is 0 Å². The molecule has 1 aliphatic rings. The van der Waals surface area contributed by atoms with Crippen molar-refractivity contribution in [1.29, 1.82) is 5.26 Å². The topological polar surface area (TPSA) is 102 Å². The number of carbonyl (C=O) groups excluding carboxylic acids is 1. The normalized spacial score (nSPS) is 13.3. The number of carbonyl (C=O) groups is 1. The highest BCUT2D eigenvalue weighted by molar-refractivity contribution is 7.92. The molecule has 1 amide bonds. The third-order valence-corrected chi connectivity index (χ3v) is 5.53. The molecule has 0 saturated heterocycles. The van der Waals surface area contributed by atoms with Crippen LogP contribution in [0, 0.1) is 11.3 Å². The Hall–Kier alpha value is -2.76. The molecule has 9 heteroatoms. The summed E-state index contributed by atoms with van der Waals surface area (Å²) in [5.41, 5.74) is 3.37. The molecular formula is C20H21ClN4O3S. The maximum absolute atomic E-state index is 12.3. The Morgan fingerprint density at radius 3 is 2.79 bits per heavy atom. The van der Waals surface area contributed by atoms with Crippen LogP contribution in [0.25, 0.3) is 0 Å². The Balaban J connectivity index is 1.67. The van der Waals surface area contributed by atoms with Crippen molar-refractivity contribution < 1.29 is 13.2 Å². The predicted molar refractivity (Wildman–Crippen MR) is 115 cm³/mol. The summed E-state index contributed by atoms with van der Waals surface area (Å²) in [6.07, 6.45) is 3.05. The maximum atomic E-state index is 12.3.